The maximum Gasteiger partial charge on any atom is 0.267 e. The number of carbonyl (C=O) groups excluding carboxylic acids is 1. The monoisotopic (exact) mass is 429 g/mol. The van der Waals surface area contributed by atoms with Gasteiger partial charge in [0.25, 0.3) is 5.91 Å². The second-order valence-corrected chi connectivity index (χ2v) is 7.53. The molecule has 0 saturated carbocycles. The van der Waals surface area contributed by atoms with Gasteiger partial charge in [-0.3, -0.25) is 4.79 Å². The van der Waals surface area contributed by atoms with Crippen molar-refractivity contribution in [3.8, 4) is 5.88 Å². The molecule has 0 spiro atoms. The number of nitrogen functional groups attached to an aromatic ring is 1. The van der Waals surface area contributed by atoms with Gasteiger partial charge < -0.3 is 24.7 Å². The number of amides is 1. The summed E-state index contributed by atoms with van der Waals surface area (Å²) in [6.07, 6.45) is 3.34. The second-order valence-electron chi connectivity index (χ2n) is 7.53. The summed E-state index contributed by atoms with van der Waals surface area (Å²) in [6, 6.07) is 18.1. The lowest BCUT2D eigenvalue weighted by Crippen LogP contribution is -2.32. The van der Waals surface area contributed by atoms with Gasteiger partial charge >= 0.3 is 0 Å². The lowest BCUT2D eigenvalue weighted by Gasteiger charge is -2.20. The maximum atomic E-state index is 13.2. The Labute approximate surface area is 185 Å². The van der Waals surface area contributed by atoms with Crippen LogP contribution in [0.1, 0.15) is 15.9 Å². The minimum atomic E-state index is -0.260. The zero-order chi connectivity index (χ0) is 21.9. The lowest BCUT2D eigenvalue weighted by molar-refractivity contribution is 0.0990. The summed E-state index contributed by atoms with van der Waals surface area (Å²) in [6.45, 7) is 2.67. The van der Waals surface area contributed by atoms with Crippen LogP contribution < -0.4 is 15.4 Å². The van der Waals surface area contributed by atoms with Gasteiger partial charge in [0.15, 0.2) is 0 Å². The molecule has 2 N–H and O–H groups in total. The molecule has 8 heteroatoms. The summed E-state index contributed by atoms with van der Waals surface area (Å²) < 4.78 is 13.6. The molecule has 5 rings (SSSR count). The molecule has 0 fully saturated rings. The standard InChI is InChI=1S/C24H23N5O3/c25-22-21-23(27-16-26-22)32-13-11-29(24(21)30)19-6-7-20-18(14-19)8-9-28(20)10-12-31-15-17-4-2-1-3-5-17/h1-9,14,16H,10-13,15H2,(H2,25,26,27). The van der Waals surface area contributed by atoms with Crippen LogP contribution in [0.15, 0.2) is 67.1 Å². The predicted octanol–water partition coefficient (Wildman–Crippen LogP) is 3.27. The van der Waals surface area contributed by atoms with Crippen LogP contribution in [-0.2, 0) is 17.9 Å². The van der Waals surface area contributed by atoms with E-state index in [2.05, 4.69) is 26.7 Å². The van der Waals surface area contributed by atoms with Crippen molar-refractivity contribution in [3.63, 3.8) is 0 Å². The molecule has 0 radical (unpaired) electrons. The number of ether oxygens (including phenoxy) is 2. The van der Waals surface area contributed by atoms with Crippen LogP contribution in [0.4, 0.5) is 11.5 Å². The van der Waals surface area contributed by atoms with Crippen LogP contribution in [0.2, 0.25) is 0 Å². The number of rotatable bonds is 6. The van der Waals surface area contributed by atoms with Crippen molar-refractivity contribution in [2.24, 2.45) is 0 Å². The molecule has 1 aliphatic heterocycles. The smallest absolute Gasteiger partial charge is 0.267 e. The number of hydrogen-bond donors (Lipinski definition) is 1. The first-order chi connectivity index (χ1) is 15.7. The molecule has 0 bridgehead atoms. The van der Waals surface area contributed by atoms with Crippen LogP contribution in [0.25, 0.3) is 10.9 Å². The number of nitrogens with two attached hydrogens (primary N) is 1. The number of anilines is 2. The van der Waals surface area contributed by atoms with Crippen LogP contribution in [-0.4, -0.2) is 40.2 Å². The van der Waals surface area contributed by atoms with E-state index in [0.29, 0.717) is 26.4 Å². The summed E-state index contributed by atoms with van der Waals surface area (Å²) in [4.78, 5) is 22.8. The highest BCUT2D eigenvalue weighted by Gasteiger charge is 2.28. The largest absolute Gasteiger partial charge is 0.475 e. The van der Waals surface area contributed by atoms with Crippen molar-refractivity contribution in [1.82, 2.24) is 14.5 Å². The predicted molar refractivity (Wildman–Crippen MR) is 122 cm³/mol. The molecule has 0 aliphatic carbocycles. The first-order valence-corrected chi connectivity index (χ1v) is 10.5. The molecule has 2 aromatic carbocycles. The fourth-order valence-corrected chi connectivity index (χ4v) is 3.89. The zero-order valence-electron chi connectivity index (χ0n) is 17.5. The number of aromatic nitrogens is 3. The van der Waals surface area contributed by atoms with E-state index in [9.17, 15) is 4.79 Å². The van der Waals surface area contributed by atoms with Gasteiger partial charge in [-0.15, -0.1) is 0 Å². The highest BCUT2D eigenvalue weighted by molar-refractivity contribution is 6.11. The van der Waals surface area contributed by atoms with E-state index in [1.165, 1.54) is 6.33 Å². The van der Waals surface area contributed by atoms with Crippen molar-refractivity contribution in [2.75, 3.05) is 30.4 Å². The van der Waals surface area contributed by atoms with E-state index in [1.54, 1.807) is 4.90 Å². The first kappa shape index (κ1) is 20.0. The van der Waals surface area contributed by atoms with Gasteiger partial charge in [-0.25, -0.2) is 9.97 Å². The molecule has 32 heavy (non-hydrogen) atoms. The third kappa shape index (κ3) is 3.88. The zero-order valence-corrected chi connectivity index (χ0v) is 17.5. The number of fused-ring (bicyclic) bond motifs is 2. The number of hydrogen-bond acceptors (Lipinski definition) is 6. The number of carbonyl (C=O) groups is 1. The van der Waals surface area contributed by atoms with Crippen molar-refractivity contribution in [3.05, 3.63) is 78.2 Å². The molecule has 1 aliphatic rings. The lowest BCUT2D eigenvalue weighted by atomic mass is 10.2. The van der Waals surface area contributed by atoms with Gasteiger partial charge in [-0.05, 0) is 29.8 Å². The van der Waals surface area contributed by atoms with Crippen LogP contribution >= 0.6 is 0 Å². The van der Waals surface area contributed by atoms with E-state index in [1.807, 2.05) is 48.7 Å². The van der Waals surface area contributed by atoms with Crippen LogP contribution in [0, 0.1) is 0 Å². The van der Waals surface area contributed by atoms with Crippen molar-refractivity contribution in [1.29, 1.82) is 0 Å². The average Bonchev–Trinajstić information content (AvgIpc) is 3.13. The average molecular weight is 429 g/mol. The molecule has 3 heterocycles. The molecule has 8 nitrogen and oxygen atoms in total. The molecule has 0 atom stereocenters. The minimum Gasteiger partial charge on any atom is -0.475 e. The van der Waals surface area contributed by atoms with Crippen molar-refractivity contribution < 1.29 is 14.3 Å². The quantitative estimate of drug-likeness (QED) is 0.473. The molecular weight excluding hydrogens is 406 g/mol. The number of benzene rings is 2. The molecular formula is C24H23N5O3. The Bertz CT molecular complexity index is 1260. The van der Waals surface area contributed by atoms with E-state index >= 15 is 0 Å². The van der Waals surface area contributed by atoms with Gasteiger partial charge in [0.1, 0.15) is 24.3 Å². The summed E-state index contributed by atoms with van der Waals surface area (Å²) >= 11 is 0. The normalized spacial score (nSPS) is 13.6. The fourth-order valence-electron chi connectivity index (χ4n) is 3.89. The summed E-state index contributed by atoms with van der Waals surface area (Å²) in [5, 5.41) is 1.04. The van der Waals surface area contributed by atoms with E-state index in [4.69, 9.17) is 15.2 Å². The van der Waals surface area contributed by atoms with Crippen molar-refractivity contribution in [2.45, 2.75) is 13.2 Å². The van der Waals surface area contributed by atoms with Gasteiger partial charge in [0, 0.05) is 29.3 Å². The first-order valence-electron chi connectivity index (χ1n) is 10.5. The molecule has 162 valence electrons. The minimum absolute atomic E-state index is 0.120. The number of nitrogens with zero attached hydrogens (tertiary/aromatic N) is 4. The topological polar surface area (TPSA) is 95.5 Å². The Morgan fingerprint density at radius 3 is 2.84 bits per heavy atom. The molecule has 1 amide bonds. The third-order valence-electron chi connectivity index (χ3n) is 5.51. The van der Waals surface area contributed by atoms with Gasteiger partial charge in [-0.2, -0.15) is 0 Å². The van der Waals surface area contributed by atoms with E-state index in [-0.39, 0.29) is 23.2 Å². The summed E-state index contributed by atoms with van der Waals surface area (Å²) in [7, 11) is 0. The molecule has 0 unspecified atom stereocenters. The molecule has 2 aromatic heterocycles. The Hall–Kier alpha value is -3.91. The SMILES string of the molecule is Nc1ncnc2c1C(=O)N(c1ccc3c(ccn3CCOCc3ccccc3)c1)CCO2. The van der Waals surface area contributed by atoms with Crippen LogP contribution in [0.5, 0.6) is 5.88 Å². The second kappa shape index (κ2) is 8.68. The van der Waals surface area contributed by atoms with Gasteiger partial charge in [-0.1, -0.05) is 30.3 Å². The highest BCUT2D eigenvalue weighted by Crippen LogP contribution is 2.29. The van der Waals surface area contributed by atoms with Crippen LogP contribution in [0.3, 0.4) is 0 Å². The Kier molecular flexibility index (Phi) is 5.43. The van der Waals surface area contributed by atoms with Gasteiger partial charge in [0.05, 0.1) is 19.8 Å². The Morgan fingerprint density at radius 2 is 1.97 bits per heavy atom. The summed E-state index contributed by atoms with van der Waals surface area (Å²) in [5.41, 5.74) is 9.16. The summed E-state index contributed by atoms with van der Waals surface area (Å²) in [5.74, 6) is 0.0889. The molecule has 4 aromatic rings. The fraction of sp³-hybridized carbons (Fsp3) is 0.208. The Morgan fingerprint density at radius 1 is 1.09 bits per heavy atom. The molecule has 0 saturated heterocycles. The van der Waals surface area contributed by atoms with Crippen molar-refractivity contribution >= 4 is 28.3 Å². The third-order valence-corrected chi connectivity index (χ3v) is 5.51. The van der Waals surface area contributed by atoms with Gasteiger partial charge in [0.2, 0.25) is 5.88 Å². The Balaban J connectivity index is 1.31. The maximum absolute atomic E-state index is 13.2. The highest BCUT2D eigenvalue weighted by atomic mass is 16.5. The van der Waals surface area contributed by atoms with E-state index < -0.39 is 0 Å². The van der Waals surface area contributed by atoms with E-state index in [0.717, 1.165) is 28.7 Å².